The van der Waals surface area contributed by atoms with E-state index in [-0.39, 0.29) is 59.0 Å². The SMILES string of the molecule is O.O.[Fe].[H-].[Na+]. The second-order valence-electron chi connectivity index (χ2n) is 0. The van der Waals surface area contributed by atoms with Crippen molar-refractivity contribution in [2.45, 2.75) is 0 Å². The summed E-state index contributed by atoms with van der Waals surface area (Å²) in [5, 5.41) is 0. The Hall–Kier alpha value is 1.44. The normalized spacial score (nSPS) is 0. The van der Waals surface area contributed by atoms with E-state index >= 15 is 0 Å². The molecule has 0 unspecified atom stereocenters. The molecule has 0 spiro atoms. The van der Waals surface area contributed by atoms with Crippen LogP contribution in [0.25, 0.3) is 0 Å². The van der Waals surface area contributed by atoms with Crippen LogP contribution in [0.3, 0.4) is 0 Å². The molecule has 0 aliphatic heterocycles. The van der Waals surface area contributed by atoms with Gasteiger partial charge in [-0.15, -0.1) is 0 Å². The summed E-state index contributed by atoms with van der Waals surface area (Å²) >= 11 is 0. The van der Waals surface area contributed by atoms with Gasteiger partial charge in [0.25, 0.3) is 0 Å². The van der Waals surface area contributed by atoms with Crippen molar-refractivity contribution in [3.63, 3.8) is 0 Å². The first-order chi connectivity index (χ1) is 0. The van der Waals surface area contributed by atoms with E-state index in [0.717, 1.165) is 0 Å². The van der Waals surface area contributed by atoms with Gasteiger partial charge in [-0.1, -0.05) is 0 Å². The van der Waals surface area contributed by atoms with Crippen LogP contribution in [-0.2, 0) is 17.1 Å². The van der Waals surface area contributed by atoms with E-state index < -0.39 is 0 Å². The van der Waals surface area contributed by atoms with Gasteiger partial charge in [-0.05, 0) is 0 Å². The van der Waals surface area contributed by atoms with Gasteiger partial charge in [0.05, 0.1) is 0 Å². The molecule has 0 aromatic carbocycles. The molecule has 0 rings (SSSR count). The van der Waals surface area contributed by atoms with Crippen LogP contribution in [0, 0.1) is 0 Å². The Morgan fingerprint density at radius 2 is 1.00 bits per heavy atom. The van der Waals surface area contributed by atoms with Gasteiger partial charge in [0, 0.05) is 17.1 Å². The quantitative estimate of drug-likeness (QED) is 0.286. The van der Waals surface area contributed by atoms with E-state index in [2.05, 4.69) is 0 Å². The fourth-order valence-electron chi connectivity index (χ4n) is 0. The van der Waals surface area contributed by atoms with Crippen molar-refractivity contribution in [2.75, 3.05) is 0 Å². The minimum absolute atomic E-state index is 0. The first-order valence-electron chi connectivity index (χ1n) is 0. The largest absolute Gasteiger partial charge is 1.00 e. The number of rotatable bonds is 0. The molecule has 4 heavy (non-hydrogen) atoms. The number of hydrogen-bond acceptors (Lipinski definition) is 0. The van der Waals surface area contributed by atoms with Crippen LogP contribution >= 0.6 is 0 Å². The zero-order valence-corrected chi connectivity index (χ0v) is 5.46. The predicted molar refractivity (Wildman–Crippen MR) is 8.34 cm³/mol. The molecule has 4 heteroatoms. The third-order valence-corrected chi connectivity index (χ3v) is 0. The molecule has 0 atom stereocenters. The molecule has 0 aliphatic rings. The van der Waals surface area contributed by atoms with Gasteiger partial charge in [-0.25, -0.2) is 0 Å². The Labute approximate surface area is 58.8 Å². The summed E-state index contributed by atoms with van der Waals surface area (Å²) in [5.41, 5.74) is 0. The fourth-order valence-corrected chi connectivity index (χ4v) is 0. The second kappa shape index (κ2) is 25.3. The summed E-state index contributed by atoms with van der Waals surface area (Å²) in [7, 11) is 0. The Bertz CT molecular complexity index is 9.61. The van der Waals surface area contributed by atoms with Crippen LogP contribution < -0.4 is 29.6 Å². The molecule has 0 amide bonds. The van der Waals surface area contributed by atoms with Crippen LogP contribution in [0.2, 0.25) is 0 Å². The van der Waals surface area contributed by atoms with Crippen molar-refractivity contribution in [3.05, 3.63) is 0 Å². The molecular weight excluding hydrogens is 111 g/mol. The summed E-state index contributed by atoms with van der Waals surface area (Å²) in [6.45, 7) is 0. The molecule has 0 saturated carbocycles. The Morgan fingerprint density at radius 1 is 1.00 bits per heavy atom. The topological polar surface area (TPSA) is 63.0 Å². The van der Waals surface area contributed by atoms with Gasteiger partial charge in [0.2, 0.25) is 0 Å². The maximum atomic E-state index is 0. The monoisotopic (exact) mass is 116 g/mol. The van der Waals surface area contributed by atoms with Crippen LogP contribution in [0.4, 0.5) is 0 Å². The van der Waals surface area contributed by atoms with Gasteiger partial charge < -0.3 is 12.4 Å². The standard InChI is InChI=1S/Fe.Na.2H2O.H/h;;2*1H2;/q;+1;;;-1. The maximum absolute atomic E-state index is 0. The van der Waals surface area contributed by atoms with E-state index in [1.165, 1.54) is 0 Å². The third-order valence-electron chi connectivity index (χ3n) is 0. The van der Waals surface area contributed by atoms with Crippen LogP contribution in [0.15, 0.2) is 0 Å². The van der Waals surface area contributed by atoms with Crippen molar-refractivity contribution in [2.24, 2.45) is 0 Å². The molecule has 0 aromatic rings. The van der Waals surface area contributed by atoms with Gasteiger partial charge in [0.1, 0.15) is 0 Å². The van der Waals surface area contributed by atoms with Crippen LogP contribution in [-0.4, -0.2) is 11.0 Å². The van der Waals surface area contributed by atoms with Crippen molar-refractivity contribution < 1.29 is 59.0 Å². The van der Waals surface area contributed by atoms with E-state index in [9.17, 15) is 0 Å². The van der Waals surface area contributed by atoms with E-state index in [4.69, 9.17) is 0 Å². The summed E-state index contributed by atoms with van der Waals surface area (Å²) in [6, 6.07) is 0. The molecular formula is H5FeNaO2. The zero-order valence-electron chi connectivity index (χ0n) is 3.35. The smallest absolute Gasteiger partial charge is 1.00 e. The molecule has 0 heterocycles. The van der Waals surface area contributed by atoms with Gasteiger partial charge in [-0.3, -0.25) is 0 Å². The Kier molecular flexibility index (Phi) is 328. The molecule has 0 aliphatic carbocycles. The zero-order chi connectivity index (χ0) is 0. The average Bonchev–Trinajstić information content (AvgIpc) is 0. The third kappa shape index (κ3) is 9.88. The predicted octanol–water partition coefficient (Wildman–Crippen LogP) is -4.54. The molecule has 0 aromatic heterocycles. The van der Waals surface area contributed by atoms with Crippen LogP contribution in [0.1, 0.15) is 1.43 Å². The summed E-state index contributed by atoms with van der Waals surface area (Å²) in [6.07, 6.45) is 0. The minimum atomic E-state index is 0. The molecule has 0 bridgehead atoms. The molecule has 0 fully saturated rings. The van der Waals surface area contributed by atoms with Crippen molar-refractivity contribution in [1.82, 2.24) is 0 Å². The molecule has 2 nitrogen and oxygen atoms in total. The van der Waals surface area contributed by atoms with E-state index in [1.807, 2.05) is 0 Å². The van der Waals surface area contributed by atoms with E-state index in [0.29, 0.717) is 0 Å². The Balaban J connectivity index is 0. The van der Waals surface area contributed by atoms with Gasteiger partial charge in [0.15, 0.2) is 0 Å². The molecule has 0 saturated heterocycles. The second-order valence-corrected chi connectivity index (χ2v) is 0. The fraction of sp³-hybridized carbons (Fsp3) is 0. The summed E-state index contributed by atoms with van der Waals surface area (Å²) in [4.78, 5) is 0. The molecule has 0 radical (unpaired) electrons. The van der Waals surface area contributed by atoms with Gasteiger partial charge in [-0.2, -0.15) is 0 Å². The Morgan fingerprint density at radius 3 is 1.00 bits per heavy atom. The number of hydrogen-bond donors (Lipinski definition) is 0. The van der Waals surface area contributed by atoms with Crippen molar-refractivity contribution in [1.29, 1.82) is 0 Å². The van der Waals surface area contributed by atoms with Crippen LogP contribution in [0.5, 0.6) is 0 Å². The van der Waals surface area contributed by atoms with Crippen molar-refractivity contribution in [3.8, 4) is 0 Å². The van der Waals surface area contributed by atoms with E-state index in [1.54, 1.807) is 0 Å². The first kappa shape index (κ1) is 51.7. The van der Waals surface area contributed by atoms with Crippen molar-refractivity contribution >= 4 is 0 Å². The summed E-state index contributed by atoms with van der Waals surface area (Å²) < 4.78 is 0. The summed E-state index contributed by atoms with van der Waals surface area (Å²) in [5.74, 6) is 0. The molecule has 4 N–H and O–H groups in total. The van der Waals surface area contributed by atoms with Gasteiger partial charge >= 0.3 is 29.6 Å². The minimum Gasteiger partial charge on any atom is -1.00 e. The maximum Gasteiger partial charge on any atom is 1.00 e. The average molecular weight is 116 g/mol. The first-order valence-corrected chi connectivity index (χ1v) is 0. The molecule has 26 valence electrons.